The summed E-state index contributed by atoms with van der Waals surface area (Å²) in [6, 6.07) is 10.5. The van der Waals surface area contributed by atoms with E-state index in [0.29, 0.717) is 0 Å². The Bertz CT molecular complexity index is 432. The van der Waals surface area contributed by atoms with Gasteiger partial charge in [-0.3, -0.25) is 4.98 Å². The largest absolute Gasteiger partial charge is 0.317 e. The van der Waals surface area contributed by atoms with Crippen molar-refractivity contribution in [3.05, 3.63) is 42.1 Å². The van der Waals surface area contributed by atoms with Crippen LogP contribution in [0.25, 0.3) is 10.9 Å². The molecule has 1 heterocycles. The minimum atomic E-state index is 1.02. The van der Waals surface area contributed by atoms with E-state index in [0.717, 1.165) is 25.0 Å². The maximum Gasteiger partial charge on any atom is 0.0734 e. The molecule has 2 aromatic rings. The lowest BCUT2D eigenvalue weighted by atomic mass is 10.1. The summed E-state index contributed by atoms with van der Waals surface area (Å²) in [5, 5.41) is 4.56. The number of hydrogen-bond donors (Lipinski definition) is 1. The molecule has 0 amide bonds. The topological polar surface area (TPSA) is 24.9 Å². The number of nitrogens with zero attached hydrogens (tertiary/aromatic N) is 1. The highest BCUT2D eigenvalue weighted by Crippen LogP contribution is 2.15. The standard InChI is InChI=1S/C13H16N2/c1-2-14-10-8-12-6-3-5-11-7-4-9-15-13(11)12/h3-7,9,14H,2,8,10H2,1H3. The molecule has 0 aliphatic carbocycles. The zero-order valence-corrected chi connectivity index (χ0v) is 9.03. The summed E-state index contributed by atoms with van der Waals surface area (Å²) in [5.41, 5.74) is 2.46. The predicted molar refractivity (Wildman–Crippen MR) is 64.0 cm³/mol. The molecular formula is C13H16N2. The van der Waals surface area contributed by atoms with Crippen molar-refractivity contribution >= 4 is 10.9 Å². The van der Waals surface area contributed by atoms with Crippen LogP contribution < -0.4 is 5.32 Å². The zero-order chi connectivity index (χ0) is 10.5. The smallest absolute Gasteiger partial charge is 0.0734 e. The second-order valence-corrected chi connectivity index (χ2v) is 3.60. The summed E-state index contributed by atoms with van der Waals surface area (Å²) in [4.78, 5) is 4.43. The van der Waals surface area contributed by atoms with Gasteiger partial charge in [0.1, 0.15) is 0 Å². The van der Waals surface area contributed by atoms with Crippen LogP contribution in [0.5, 0.6) is 0 Å². The van der Waals surface area contributed by atoms with Crippen LogP contribution in [0, 0.1) is 0 Å². The fourth-order valence-corrected chi connectivity index (χ4v) is 1.77. The van der Waals surface area contributed by atoms with Crippen molar-refractivity contribution in [3.63, 3.8) is 0 Å². The molecule has 2 heteroatoms. The lowest BCUT2D eigenvalue weighted by Crippen LogP contribution is -2.16. The van der Waals surface area contributed by atoms with Crippen molar-refractivity contribution in [1.82, 2.24) is 10.3 Å². The summed E-state index contributed by atoms with van der Waals surface area (Å²) in [6.07, 6.45) is 2.90. The number of aromatic nitrogens is 1. The summed E-state index contributed by atoms with van der Waals surface area (Å²) >= 11 is 0. The Balaban J connectivity index is 2.26. The number of nitrogens with one attached hydrogen (secondary N) is 1. The van der Waals surface area contributed by atoms with Gasteiger partial charge in [0, 0.05) is 11.6 Å². The number of fused-ring (bicyclic) bond motifs is 1. The van der Waals surface area contributed by atoms with E-state index in [-0.39, 0.29) is 0 Å². The second-order valence-electron chi connectivity index (χ2n) is 3.60. The normalized spacial score (nSPS) is 10.7. The Morgan fingerprint density at radius 1 is 1.20 bits per heavy atom. The quantitative estimate of drug-likeness (QED) is 0.766. The summed E-state index contributed by atoms with van der Waals surface area (Å²) in [7, 11) is 0. The molecule has 2 nitrogen and oxygen atoms in total. The first-order valence-corrected chi connectivity index (χ1v) is 5.45. The van der Waals surface area contributed by atoms with Gasteiger partial charge in [0.05, 0.1) is 5.52 Å². The number of hydrogen-bond acceptors (Lipinski definition) is 2. The minimum absolute atomic E-state index is 1.02. The van der Waals surface area contributed by atoms with Crippen molar-refractivity contribution in [1.29, 1.82) is 0 Å². The number of benzene rings is 1. The van der Waals surface area contributed by atoms with Crippen LogP contribution in [0.4, 0.5) is 0 Å². The highest BCUT2D eigenvalue weighted by atomic mass is 14.8. The van der Waals surface area contributed by atoms with Crippen molar-refractivity contribution in [2.75, 3.05) is 13.1 Å². The molecule has 15 heavy (non-hydrogen) atoms. The molecule has 0 atom stereocenters. The van der Waals surface area contributed by atoms with Gasteiger partial charge in [-0.05, 0) is 31.1 Å². The Morgan fingerprint density at radius 3 is 2.93 bits per heavy atom. The maximum atomic E-state index is 4.43. The van der Waals surface area contributed by atoms with Crippen molar-refractivity contribution in [2.45, 2.75) is 13.3 Å². The molecule has 0 bridgehead atoms. The van der Waals surface area contributed by atoms with E-state index in [1.165, 1.54) is 10.9 Å². The highest BCUT2D eigenvalue weighted by molar-refractivity contribution is 5.81. The summed E-state index contributed by atoms with van der Waals surface area (Å²) in [5.74, 6) is 0. The average Bonchev–Trinajstić information content (AvgIpc) is 2.30. The number of para-hydroxylation sites is 1. The lowest BCUT2D eigenvalue weighted by molar-refractivity contribution is 0.718. The lowest BCUT2D eigenvalue weighted by Gasteiger charge is -2.05. The van der Waals surface area contributed by atoms with Gasteiger partial charge in [-0.1, -0.05) is 31.2 Å². The number of likely N-dealkylation sites (N-methyl/N-ethyl adjacent to an activating group) is 1. The van der Waals surface area contributed by atoms with Gasteiger partial charge in [0.25, 0.3) is 0 Å². The molecule has 0 radical (unpaired) electrons. The average molecular weight is 200 g/mol. The van der Waals surface area contributed by atoms with E-state index >= 15 is 0 Å². The Morgan fingerprint density at radius 2 is 2.07 bits per heavy atom. The van der Waals surface area contributed by atoms with E-state index in [1.54, 1.807) is 0 Å². The fraction of sp³-hybridized carbons (Fsp3) is 0.308. The molecule has 2 rings (SSSR count). The van der Waals surface area contributed by atoms with Crippen LogP contribution in [-0.2, 0) is 6.42 Å². The SMILES string of the molecule is CCNCCc1cccc2cccnc12. The van der Waals surface area contributed by atoms with Crippen LogP contribution in [-0.4, -0.2) is 18.1 Å². The molecule has 78 valence electrons. The van der Waals surface area contributed by atoms with Crippen LogP contribution in [0.3, 0.4) is 0 Å². The first-order chi connectivity index (χ1) is 7.42. The number of rotatable bonds is 4. The zero-order valence-electron chi connectivity index (χ0n) is 9.03. The van der Waals surface area contributed by atoms with Gasteiger partial charge in [-0.25, -0.2) is 0 Å². The van der Waals surface area contributed by atoms with Gasteiger partial charge >= 0.3 is 0 Å². The third-order valence-electron chi connectivity index (χ3n) is 2.54. The molecule has 0 saturated carbocycles. The molecule has 0 unspecified atom stereocenters. The van der Waals surface area contributed by atoms with E-state index in [9.17, 15) is 0 Å². The van der Waals surface area contributed by atoms with Gasteiger partial charge < -0.3 is 5.32 Å². The van der Waals surface area contributed by atoms with Gasteiger partial charge in [-0.2, -0.15) is 0 Å². The molecule has 0 fully saturated rings. The van der Waals surface area contributed by atoms with Crippen molar-refractivity contribution in [3.8, 4) is 0 Å². The maximum absolute atomic E-state index is 4.43. The molecule has 0 aliphatic heterocycles. The third kappa shape index (κ3) is 2.34. The van der Waals surface area contributed by atoms with Crippen LogP contribution >= 0.6 is 0 Å². The van der Waals surface area contributed by atoms with E-state index < -0.39 is 0 Å². The van der Waals surface area contributed by atoms with Gasteiger partial charge in [-0.15, -0.1) is 0 Å². The highest BCUT2D eigenvalue weighted by Gasteiger charge is 2.00. The van der Waals surface area contributed by atoms with E-state index in [1.807, 2.05) is 12.3 Å². The van der Waals surface area contributed by atoms with Gasteiger partial charge in [0.15, 0.2) is 0 Å². The third-order valence-corrected chi connectivity index (χ3v) is 2.54. The number of pyridine rings is 1. The van der Waals surface area contributed by atoms with Crippen LogP contribution in [0.2, 0.25) is 0 Å². The predicted octanol–water partition coefficient (Wildman–Crippen LogP) is 2.39. The monoisotopic (exact) mass is 200 g/mol. The summed E-state index contributed by atoms with van der Waals surface area (Å²) in [6.45, 7) is 4.17. The molecule has 0 spiro atoms. The second kappa shape index (κ2) is 4.89. The molecule has 1 aromatic carbocycles. The van der Waals surface area contributed by atoms with Crippen molar-refractivity contribution in [2.24, 2.45) is 0 Å². The Hall–Kier alpha value is -1.41. The van der Waals surface area contributed by atoms with Crippen LogP contribution in [0.15, 0.2) is 36.5 Å². The fourth-order valence-electron chi connectivity index (χ4n) is 1.77. The first-order valence-electron chi connectivity index (χ1n) is 5.45. The van der Waals surface area contributed by atoms with Crippen molar-refractivity contribution < 1.29 is 0 Å². The molecule has 1 aromatic heterocycles. The molecule has 0 saturated heterocycles. The Labute approximate surface area is 90.3 Å². The minimum Gasteiger partial charge on any atom is -0.317 e. The molecule has 0 aliphatic rings. The van der Waals surface area contributed by atoms with Crippen LogP contribution in [0.1, 0.15) is 12.5 Å². The van der Waals surface area contributed by atoms with E-state index in [2.05, 4.69) is 41.5 Å². The molecule has 1 N–H and O–H groups in total. The summed E-state index contributed by atoms with van der Waals surface area (Å²) < 4.78 is 0. The van der Waals surface area contributed by atoms with E-state index in [4.69, 9.17) is 0 Å². The Kier molecular flexibility index (Phi) is 3.30. The molecular weight excluding hydrogens is 184 g/mol. The van der Waals surface area contributed by atoms with Gasteiger partial charge in [0.2, 0.25) is 0 Å². The first kappa shape index (κ1) is 10.1.